The second-order valence-electron chi connectivity index (χ2n) is 43.3. The predicted molar refractivity (Wildman–Crippen MR) is 623 cm³/mol. The first-order valence-electron chi connectivity index (χ1n) is 51.2. The number of hydrogen-bond donors (Lipinski definition) is 0. The van der Waals surface area contributed by atoms with E-state index in [2.05, 4.69) is 519 Å². The Balaban J connectivity index is 0.0000000911. The molecule has 5 aliphatic rings. The first kappa shape index (κ1) is 89.7. The van der Waals surface area contributed by atoms with Crippen molar-refractivity contribution in [2.45, 2.75) is 137 Å². The summed E-state index contributed by atoms with van der Waals surface area (Å²) in [6.45, 7) is 35.6. The zero-order valence-electron chi connectivity index (χ0n) is 84.8. The minimum atomic E-state index is -2.53. The maximum Gasteiger partial charge on any atom is 0.162 e. The van der Waals surface area contributed by atoms with Crippen molar-refractivity contribution < 1.29 is 0 Å². The lowest BCUT2D eigenvalue weighted by Crippen LogP contribution is -2.78. The van der Waals surface area contributed by atoms with E-state index in [4.69, 9.17) is 24.9 Å². The number of para-hydroxylation sites is 5. The number of rotatable bonds is 6. The monoisotopic (exact) mass is 1970 g/mol. The summed E-state index contributed by atoms with van der Waals surface area (Å²) in [5.74, 6) is 0. The molecule has 0 amide bonds. The van der Waals surface area contributed by atoms with Crippen LogP contribution >= 0.6 is 23.5 Å². The fourth-order valence-electron chi connectivity index (χ4n) is 27.2. The van der Waals surface area contributed by atoms with E-state index in [1.54, 1.807) is 5.19 Å². The molecule has 0 spiro atoms. The van der Waals surface area contributed by atoms with Gasteiger partial charge >= 0.3 is 0 Å². The summed E-state index contributed by atoms with van der Waals surface area (Å²) < 4.78 is 11.6. The van der Waals surface area contributed by atoms with Crippen molar-refractivity contribution in [3.8, 4) is 0 Å². The largest absolute Gasteiger partial charge is 0.300 e. The van der Waals surface area contributed by atoms with Crippen molar-refractivity contribution in [2.75, 3.05) is 0 Å². The molecule has 31 rings (SSSR count). The van der Waals surface area contributed by atoms with Crippen LogP contribution in [0.4, 0.5) is 0 Å². The molecule has 0 atom stereocenters. The molecule has 26 aromatic rings. The second-order valence-corrected chi connectivity index (χ2v) is 60.2. The molecule has 10 aromatic heterocycles. The van der Waals surface area contributed by atoms with E-state index in [0.717, 1.165) is 45.3 Å². The lowest BCUT2D eigenvalue weighted by molar-refractivity contribution is 0.679. The number of fused-ring (bicyclic) bond motifs is 15. The van der Waals surface area contributed by atoms with E-state index in [-0.39, 0.29) is 24.6 Å². The average molecular weight is 1970 g/mol. The topological polar surface area (TPSA) is 86.5 Å². The van der Waals surface area contributed by atoms with Gasteiger partial charge in [0.15, 0.2) is 8.07 Å². The molecule has 708 valence electrons. The number of aromatic nitrogens is 10. The highest BCUT2D eigenvalue weighted by Crippen LogP contribution is 2.61. The molecule has 0 bridgehead atoms. The highest BCUT2D eigenvalue weighted by Gasteiger charge is 2.59. The van der Waals surface area contributed by atoms with Crippen LogP contribution in [-0.2, 0) is 24.6 Å². The van der Waals surface area contributed by atoms with Crippen LogP contribution in [0, 0.1) is 34.6 Å². The van der Waals surface area contributed by atoms with Crippen molar-refractivity contribution in [3.05, 3.63) is 473 Å². The number of pyridine rings is 5. The van der Waals surface area contributed by atoms with Crippen molar-refractivity contribution in [1.82, 2.24) is 46.9 Å². The SMILES string of the molecule is Cc1nc2c3ccccc3c3cccc4c3n2c1C(C)(C)[Si]4(C)C.Cc1nc2c3ccccc3c3cccc4c3n2c1C(C)(C)[Si]4(c1ccccc1)c1ccccc1.Cc1nc2c3ccccc3c3cccc4c3n2c1C(c1ccccc1)(c1ccccc1)S4.Cc1nc2c3ccccc3c3cccc4c3n2c1SC4(c1ccccc1)c1ccccc1.Cc1nc2c3ccccc3c3cccc4c3n2c1[Si](C)(C)C4(C)C. The van der Waals surface area contributed by atoms with Crippen LogP contribution in [-0.4, -0.2) is 71.1 Å². The summed E-state index contributed by atoms with van der Waals surface area (Å²) in [4.78, 5) is 26.9. The summed E-state index contributed by atoms with van der Waals surface area (Å²) in [5.41, 5.74) is 29.7. The zero-order valence-corrected chi connectivity index (χ0v) is 89.4. The molecule has 10 nitrogen and oxygen atoms in total. The number of nitrogens with zero attached hydrogens (tertiary/aromatic N) is 10. The van der Waals surface area contributed by atoms with Gasteiger partial charge in [-0.3, -0.25) is 22.0 Å². The third-order valence-electron chi connectivity index (χ3n) is 34.7. The number of imidazole rings is 5. The van der Waals surface area contributed by atoms with Gasteiger partial charge in [-0.05, 0) is 121 Å². The highest BCUT2D eigenvalue weighted by molar-refractivity contribution is 8.01. The van der Waals surface area contributed by atoms with Gasteiger partial charge in [0.1, 0.15) is 46.1 Å². The van der Waals surface area contributed by atoms with Gasteiger partial charge in [-0.2, -0.15) is 0 Å². The van der Waals surface area contributed by atoms with Gasteiger partial charge in [0.05, 0.1) is 74.6 Å². The van der Waals surface area contributed by atoms with E-state index in [0.29, 0.717) is 0 Å². The minimum Gasteiger partial charge on any atom is -0.300 e. The van der Waals surface area contributed by atoms with Gasteiger partial charge < -0.3 is 0 Å². The molecule has 16 aromatic carbocycles. The van der Waals surface area contributed by atoms with Gasteiger partial charge in [0, 0.05) is 91.1 Å². The Morgan fingerprint density at radius 3 is 0.959 bits per heavy atom. The van der Waals surface area contributed by atoms with Crippen LogP contribution in [0.5, 0.6) is 0 Å². The second kappa shape index (κ2) is 32.5. The van der Waals surface area contributed by atoms with Crippen molar-refractivity contribution in [2.24, 2.45) is 0 Å². The third-order valence-corrected chi connectivity index (χ3v) is 53.9. The molecule has 5 aliphatic heterocycles. The molecule has 15 heterocycles. The summed E-state index contributed by atoms with van der Waals surface area (Å²) >= 11 is 3.86. The summed E-state index contributed by atoms with van der Waals surface area (Å²) in [7, 11) is -5.94. The predicted octanol–water partition coefficient (Wildman–Crippen LogP) is 29.3. The summed E-state index contributed by atoms with van der Waals surface area (Å²) in [6, 6.07) is 144. The first-order chi connectivity index (χ1) is 70.8. The molecule has 15 heteroatoms. The minimum absolute atomic E-state index is 0.122. The molecular weight excluding hydrogens is 1860 g/mol. The van der Waals surface area contributed by atoms with Crippen LogP contribution < -0.4 is 26.1 Å². The number of hydrogen-bond acceptors (Lipinski definition) is 7. The third kappa shape index (κ3) is 12.0. The van der Waals surface area contributed by atoms with E-state index in [9.17, 15) is 0 Å². The molecule has 0 fully saturated rings. The van der Waals surface area contributed by atoms with E-state index in [1.807, 2.05) is 23.5 Å². The van der Waals surface area contributed by atoms with Gasteiger partial charge in [0.2, 0.25) is 0 Å². The number of benzene rings is 16. The Morgan fingerprint density at radius 1 is 0.219 bits per heavy atom. The van der Waals surface area contributed by atoms with Gasteiger partial charge in [-0.1, -0.05) is 468 Å². The zero-order chi connectivity index (χ0) is 99.4. The van der Waals surface area contributed by atoms with E-state index >= 15 is 0 Å². The molecule has 0 radical (unpaired) electrons. The molecule has 0 saturated heterocycles. The Morgan fingerprint density at radius 2 is 0.521 bits per heavy atom. The maximum atomic E-state index is 5.23. The lowest BCUT2D eigenvalue weighted by Gasteiger charge is -2.49. The van der Waals surface area contributed by atoms with Crippen LogP contribution in [0.25, 0.3) is 137 Å². The average Bonchev–Trinajstić information content (AvgIpc) is 1.31. The van der Waals surface area contributed by atoms with E-state index in [1.165, 1.54) is 201 Å². The molecule has 0 aliphatic carbocycles. The van der Waals surface area contributed by atoms with Crippen LogP contribution in [0.3, 0.4) is 0 Å². The highest BCUT2D eigenvalue weighted by atomic mass is 32.2. The standard InChI is InChI=1S/C31H26N2Si.2C29H20N2S.2C21H22N2Si/c1-21-29-31(2,3)34(22-13-6-4-7-14-22,23-15-8-5-9-16-23)27-20-12-19-25-24-17-10-11-18-26(24)30(32-21)33(29)28(25)27;1-19-28-31-26-23(22-15-8-9-16-24(22)27(31)30-19)17-10-18-25(26)29(32-28,20-11-4-2-5-12-20)21-13-6-3-7-14-21;1-19-27-29(20-11-4-2-5-12-20,21-13-6-3-7-14-21)32-25-18-10-17-23-22-15-8-9-16-24(22)28(30-19)31(27)26(23)25;1-13-20-23-18-15(14-9-6-7-10-16(14)19(23)22-13)11-8-12-17(18)21(2,3)24(20,4)5;1-13-19-21(2,3)24(4,5)17-12-8-11-15-14-9-6-7-10-16(14)20(22-13)23(19)18(15)17/h4-20H,1-3H3;2*2-18H,1H3;2*6-12H,1-5H3. The Bertz CT molecular complexity index is 9690. The van der Waals surface area contributed by atoms with Gasteiger partial charge in [0.25, 0.3) is 0 Å². The normalized spacial score (nSPS) is 16.0. The smallest absolute Gasteiger partial charge is 0.162 e. The molecular formula is C131H110N10S2Si3. The molecule has 146 heavy (non-hydrogen) atoms. The van der Waals surface area contributed by atoms with Crippen LogP contribution in [0.2, 0.25) is 26.2 Å². The summed E-state index contributed by atoms with van der Waals surface area (Å²) in [6.07, 6.45) is 0. The Hall–Kier alpha value is -15.1. The van der Waals surface area contributed by atoms with Crippen molar-refractivity contribution >= 4 is 210 Å². The van der Waals surface area contributed by atoms with E-state index < -0.39 is 24.2 Å². The Kier molecular flexibility index (Phi) is 20.0. The maximum absolute atomic E-state index is 5.23. The summed E-state index contributed by atoms with van der Waals surface area (Å²) in [5, 5.41) is 28.1. The van der Waals surface area contributed by atoms with Crippen LogP contribution in [0.15, 0.2) is 404 Å². The molecule has 0 saturated carbocycles. The molecule has 0 unspecified atom stereocenters. The Labute approximate surface area is 860 Å². The lowest BCUT2D eigenvalue weighted by atomic mass is 9.82. The van der Waals surface area contributed by atoms with Crippen molar-refractivity contribution in [3.63, 3.8) is 0 Å². The number of aryl methyl sites for hydroxylation is 5. The fourth-order valence-corrected chi connectivity index (χ4v) is 42.5. The van der Waals surface area contributed by atoms with Crippen LogP contribution in [0.1, 0.15) is 120 Å². The van der Waals surface area contributed by atoms with Gasteiger partial charge in [-0.25, -0.2) is 24.9 Å². The number of thioether (sulfide) groups is 2. The quantitative estimate of drug-likeness (QED) is 0.121. The van der Waals surface area contributed by atoms with Crippen molar-refractivity contribution in [1.29, 1.82) is 0 Å². The fraction of sp³-hybridized carbons (Fsp3) is 0.153. The first-order valence-corrected chi connectivity index (χ1v) is 60.9. The van der Waals surface area contributed by atoms with Gasteiger partial charge in [-0.15, -0.1) is 11.8 Å². The molecule has 0 N–H and O–H groups in total.